The monoisotopic (exact) mass is 972 g/mol. The first-order chi connectivity index (χ1) is 32.8. The summed E-state index contributed by atoms with van der Waals surface area (Å²) in [5.41, 5.74) is 0. The molecule has 0 aromatic heterocycles. The number of unbranched alkanes of at least 4 members (excludes halogenated alkanes) is 5. The molecule has 0 saturated carbocycles. The highest BCUT2D eigenvalue weighted by molar-refractivity contribution is 5.76. The van der Waals surface area contributed by atoms with Crippen molar-refractivity contribution in [3.63, 3.8) is 0 Å². The number of hydrogen-bond acceptors (Lipinski definition) is 18. The maximum absolute atomic E-state index is 13.1. The van der Waals surface area contributed by atoms with Crippen LogP contribution in [0, 0.1) is 0 Å². The average Bonchev–Trinajstić information content (AvgIpc) is 3.33. The summed E-state index contributed by atoms with van der Waals surface area (Å²) in [5.74, 6) is -0.336. The van der Waals surface area contributed by atoms with E-state index in [1.54, 1.807) is 12.2 Å². The summed E-state index contributed by atoms with van der Waals surface area (Å²) in [6.45, 7) is 1.40. The Morgan fingerprint density at radius 1 is 0.544 bits per heavy atom. The summed E-state index contributed by atoms with van der Waals surface area (Å²) < 4.78 is 33.9. The van der Waals surface area contributed by atoms with Crippen LogP contribution < -0.4 is 5.32 Å². The minimum atomic E-state index is -1.99. The molecule has 390 valence electrons. The number of amides is 1. The lowest BCUT2D eigenvalue weighted by Gasteiger charge is -2.48. The Morgan fingerprint density at radius 2 is 1.01 bits per heavy atom. The SMILES string of the molecule is CC/C=C\C/C=C\C/C=C\C/C=C\CCCCC(=O)NC(COC1OC(CO)C(OC2OC(CO)C(OC3OC(CO)C(O)C(O)C3O)C(O)C2O)C(O)C1O)C(O)/C=C/CC/C=C/CCCC. The predicted octanol–water partition coefficient (Wildman–Crippen LogP) is 0.745. The molecule has 0 bridgehead atoms. The highest BCUT2D eigenvalue weighted by Crippen LogP contribution is 2.33. The van der Waals surface area contributed by atoms with Gasteiger partial charge in [0.2, 0.25) is 5.91 Å². The van der Waals surface area contributed by atoms with Crippen molar-refractivity contribution in [2.45, 2.75) is 202 Å². The van der Waals surface area contributed by atoms with Gasteiger partial charge < -0.3 is 89.9 Å². The minimum absolute atomic E-state index is 0.178. The van der Waals surface area contributed by atoms with Gasteiger partial charge in [-0.1, -0.05) is 99.6 Å². The Kier molecular flexibility index (Phi) is 29.5. The smallest absolute Gasteiger partial charge is 0.220 e. The minimum Gasteiger partial charge on any atom is -0.394 e. The van der Waals surface area contributed by atoms with E-state index in [1.165, 1.54) is 0 Å². The lowest BCUT2D eigenvalue weighted by molar-refractivity contribution is -0.379. The number of aliphatic hydroxyl groups is 11. The van der Waals surface area contributed by atoms with E-state index in [0.717, 1.165) is 64.2 Å². The molecule has 19 heteroatoms. The van der Waals surface area contributed by atoms with E-state index in [-0.39, 0.29) is 18.9 Å². The molecule has 0 aliphatic carbocycles. The first-order valence-electron chi connectivity index (χ1n) is 24.2. The van der Waals surface area contributed by atoms with Gasteiger partial charge in [-0.15, -0.1) is 0 Å². The van der Waals surface area contributed by atoms with Crippen molar-refractivity contribution in [3.8, 4) is 0 Å². The topological polar surface area (TPSA) is 307 Å². The van der Waals surface area contributed by atoms with E-state index in [0.29, 0.717) is 12.8 Å². The van der Waals surface area contributed by atoms with Crippen molar-refractivity contribution in [1.29, 1.82) is 0 Å². The number of allylic oxidation sites excluding steroid dienone is 11. The maximum atomic E-state index is 13.1. The van der Waals surface area contributed by atoms with Crippen molar-refractivity contribution in [3.05, 3.63) is 72.9 Å². The molecule has 0 aromatic carbocycles. The van der Waals surface area contributed by atoms with Crippen LogP contribution in [0.5, 0.6) is 0 Å². The van der Waals surface area contributed by atoms with Crippen molar-refractivity contribution >= 4 is 5.91 Å². The third-order valence-electron chi connectivity index (χ3n) is 11.7. The highest BCUT2D eigenvalue weighted by atomic mass is 16.8. The number of hydrogen-bond donors (Lipinski definition) is 12. The number of ether oxygens (including phenoxy) is 6. The van der Waals surface area contributed by atoms with E-state index in [9.17, 15) is 61.0 Å². The zero-order valence-electron chi connectivity index (χ0n) is 39.5. The zero-order valence-corrected chi connectivity index (χ0v) is 39.5. The molecule has 0 radical (unpaired) electrons. The molecule has 3 rings (SSSR count). The molecule has 3 saturated heterocycles. The average molecular weight is 972 g/mol. The molecule has 68 heavy (non-hydrogen) atoms. The second-order valence-electron chi connectivity index (χ2n) is 17.2. The van der Waals surface area contributed by atoms with E-state index in [2.05, 4.69) is 79.9 Å². The second-order valence-corrected chi connectivity index (χ2v) is 17.2. The first kappa shape index (κ1) is 59.5. The lowest BCUT2D eigenvalue weighted by atomic mass is 9.96. The molecule has 3 heterocycles. The fourth-order valence-electron chi connectivity index (χ4n) is 7.65. The number of rotatable bonds is 31. The Hall–Kier alpha value is -2.77. The molecule has 17 unspecified atom stereocenters. The standard InChI is InChI=1S/C49H81NO18/c1-3-5-7-9-11-13-14-15-16-17-18-19-21-23-25-27-37(55)50-32(33(54)26-24-22-20-12-10-8-6-4-2)31-63-47-43(61)40(58)45(35(29-52)65-47)68-49-44(62)41(59)46(36(30-53)66-49)67-48-42(60)39(57)38(56)34(28-51)64-48/h5,7,10-13,15-16,18-19,24,26,32-36,38-49,51-54,56-62H,3-4,6,8-9,14,17,20-23,25,27-31H2,1-2H3,(H,50,55)/b7-5-,12-10+,13-11-,16-15-,19-18-,26-24+. The summed E-state index contributed by atoms with van der Waals surface area (Å²) in [7, 11) is 0. The van der Waals surface area contributed by atoms with Gasteiger partial charge in [0.15, 0.2) is 18.9 Å². The van der Waals surface area contributed by atoms with Crippen LogP contribution in [-0.4, -0.2) is 193 Å². The van der Waals surface area contributed by atoms with Crippen LogP contribution in [0.25, 0.3) is 0 Å². The highest BCUT2D eigenvalue weighted by Gasteiger charge is 2.53. The first-order valence-corrected chi connectivity index (χ1v) is 24.2. The van der Waals surface area contributed by atoms with Gasteiger partial charge in [0.25, 0.3) is 0 Å². The lowest BCUT2D eigenvalue weighted by Crippen LogP contribution is -2.66. The van der Waals surface area contributed by atoms with Crippen molar-refractivity contribution in [2.24, 2.45) is 0 Å². The van der Waals surface area contributed by atoms with Gasteiger partial charge in [0.1, 0.15) is 73.2 Å². The Bertz CT molecular complexity index is 1540. The normalized spacial score (nSPS) is 33.8. The van der Waals surface area contributed by atoms with Gasteiger partial charge in [0, 0.05) is 6.42 Å². The van der Waals surface area contributed by atoms with E-state index in [4.69, 9.17) is 28.4 Å². The fraction of sp³-hybridized carbons (Fsp3) is 0.735. The zero-order chi connectivity index (χ0) is 49.8. The van der Waals surface area contributed by atoms with Crippen LogP contribution in [0.4, 0.5) is 0 Å². The Morgan fingerprint density at radius 3 is 1.59 bits per heavy atom. The fourth-order valence-corrected chi connectivity index (χ4v) is 7.65. The Labute approximate surface area is 400 Å². The molecule has 17 atom stereocenters. The van der Waals surface area contributed by atoms with Crippen LogP contribution >= 0.6 is 0 Å². The molecular weight excluding hydrogens is 891 g/mol. The third kappa shape index (κ3) is 19.8. The van der Waals surface area contributed by atoms with Crippen LogP contribution in [0.1, 0.15) is 97.3 Å². The summed E-state index contributed by atoms with van der Waals surface area (Å²) in [5, 5.41) is 119. The van der Waals surface area contributed by atoms with Crippen molar-refractivity contribution < 1.29 is 89.4 Å². The number of aliphatic hydroxyl groups excluding tert-OH is 11. The van der Waals surface area contributed by atoms with Crippen molar-refractivity contribution in [1.82, 2.24) is 5.32 Å². The van der Waals surface area contributed by atoms with Crippen LogP contribution in [-0.2, 0) is 33.2 Å². The molecule has 19 nitrogen and oxygen atoms in total. The molecule has 1 amide bonds. The summed E-state index contributed by atoms with van der Waals surface area (Å²) >= 11 is 0. The Balaban J connectivity index is 1.58. The molecule has 3 aliphatic heterocycles. The van der Waals surface area contributed by atoms with Gasteiger partial charge in [-0.05, 0) is 64.2 Å². The molecule has 0 aromatic rings. The molecule has 3 aliphatic rings. The molecule has 0 spiro atoms. The number of nitrogens with one attached hydrogen (secondary N) is 1. The summed E-state index contributed by atoms with van der Waals surface area (Å²) in [6.07, 6.45) is 8.08. The quantitative estimate of drug-likeness (QED) is 0.0337. The van der Waals surface area contributed by atoms with Gasteiger partial charge in [-0.25, -0.2) is 0 Å². The number of carbonyl (C=O) groups excluding carboxylic acids is 1. The molecule has 12 N–H and O–H groups in total. The van der Waals surface area contributed by atoms with Gasteiger partial charge >= 0.3 is 0 Å². The maximum Gasteiger partial charge on any atom is 0.220 e. The number of carbonyl (C=O) groups is 1. The molecular formula is C49H81NO18. The summed E-state index contributed by atoms with van der Waals surface area (Å²) in [6, 6.07) is -1.01. The van der Waals surface area contributed by atoms with Gasteiger partial charge in [-0.3, -0.25) is 4.79 Å². The van der Waals surface area contributed by atoms with Crippen LogP contribution in [0.15, 0.2) is 72.9 Å². The summed E-state index contributed by atoms with van der Waals surface area (Å²) in [4.78, 5) is 13.1. The van der Waals surface area contributed by atoms with E-state index < -0.39 is 124 Å². The second kappa shape index (κ2) is 33.7. The van der Waals surface area contributed by atoms with Crippen LogP contribution in [0.2, 0.25) is 0 Å². The largest absolute Gasteiger partial charge is 0.394 e. The molecule has 3 fully saturated rings. The van der Waals surface area contributed by atoms with Gasteiger partial charge in [-0.2, -0.15) is 0 Å². The van der Waals surface area contributed by atoms with E-state index >= 15 is 0 Å². The van der Waals surface area contributed by atoms with E-state index in [1.807, 2.05) is 0 Å². The van der Waals surface area contributed by atoms with Crippen molar-refractivity contribution in [2.75, 3.05) is 26.4 Å². The predicted molar refractivity (Wildman–Crippen MR) is 249 cm³/mol. The van der Waals surface area contributed by atoms with Gasteiger partial charge in [0.05, 0.1) is 38.6 Å². The van der Waals surface area contributed by atoms with Crippen LogP contribution in [0.3, 0.4) is 0 Å². The third-order valence-corrected chi connectivity index (χ3v) is 11.7.